The first-order chi connectivity index (χ1) is 8.13. The summed E-state index contributed by atoms with van der Waals surface area (Å²) in [6.07, 6.45) is 0. The van der Waals surface area contributed by atoms with Crippen molar-refractivity contribution in [2.75, 3.05) is 0 Å². The molecule has 0 N–H and O–H groups in total. The largest absolute Gasteiger partial charge is 0.0587 e. The van der Waals surface area contributed by atoms with Crippen molar-refractivity contribution in [3.63, 3.8) is 0 Å². The molecule has 0 heterocycles. The quantitative estimate of drug-likeness (QED) is 0.472. The van der Waals surface area contributed by atoms with Gasteiger partial charge in [-0.3, -0.25) is 0 Å². The van der Waals surface area contributed by atoms with Crippen molar-refractivity contribution >= 4 is 21.5 Å². The minimum Gasteiger partial charge on any atom is -0.0587 e. The number of benzene rings is 3. The predicted molar refractivity (Wildman–Crippen MR) is 75.7 cm³/mol. The van der Waals surface area contributed by atoms with Crippen LogP contribution in [0.1, 0.15) is 16.7 Å². The van der Waals surface area contributed by atoms with E-state index in [0.717, 1.165) is 0 Å². The van der Waals surface area contributed by atoms with Crippen molar-refractivity contribution in [3.05, 3.63) is 59.2 Å². The summed E-state index contributed by atoms with van der Waals surface area (Å²) in [5.41, 5.74) is 4.02. The molecule has 0 saturated heterocycles. The van der Waals surface area contributed by atoms with Crippen LogP contribution < -0.4 is 0 Å². The van der Waals surface area contributed by atoms with Crippen LogP contribution >= 0.6 is 0 Å². The van der Waals surface area contributed by atoms with Gasteiger partial charge >= 0.3 is 0 Å². The molecule has 0 aliphatic heterocycles. The molecule has 0 amide bonds. The molecule has 0 saturated carbocycles. The first-order valence-corrected chi connectivity index (χ1v) is 6.05. The molecule has 3 aromatic rings. The van der Waals surface area contributed by atoms with E-state index in [2.05, 4.69) is 63.2 Å². The molecule has 0 atom stereocenters. The summed E-state index contributed by atoms with van der Waals surface area (Å²) in [4.78, 5) is 0. The van der Waals surface area contributed by atoms with Crippen molar-refractivity contribution < 1.29 is 0 Å². The Morgan fingerprint density at radius 3 is 2.18 bits per heavy atom. The molecule has 0 bridgehead atoms. The lowest BCUT2D eigenvalue weighted by atomic mass is 9.97. The summed E-state index contributed by atoms with van der Waals surface area (Å²) in [6.45, 7) is 6.49. The van der Waals surface area contributed by atoms with Gasteiger partial charge in [0.1, 0.15) is 0 Å². The van der Waals surface area contributed by atoms with Crippen LogP contribution in [0, 0.1) is 20.8 Å². The van der Waals surface area contributed by atoms with Gasteiger partial charge in [-0.1, -0.05) is 41.5 Å². The molecule has 0 fully saturated rings. The molecule has 0 aliphatic carbocycles. The van der Waals surface area contributed by atoms with E-state index >= 15 is 0 Å². The molecule has 0 heteroatoms. The van der Waals surface area contributed by atoms with Crippen molar-refractivity contribution in [1.82, 2.24) is 0 Å². The zero-order valence-electron chi connectivity index (χ0n) is 10.5. The van der Waals surface area contributed by atoms with Gasteiger partial charge in [0.15, 0.2) is 0 Å². The van der Waals surface area contributed by atoms with E-state index in [1.54, 1.807) is 0 Å². The third-order valence-corrected chi connectivity index (χ3v) is 3.42. The van der Waals surface area contributed by atoms with Crippen LogP contribution in [0.2, 0.25) is 0 Å². The van der Waals surface area contributed by atoms with Crippen LogP contribution in [0.15, 0.2) is 42.5 Å². The second-order valence-electron chi connectivity index (χ2n) is 5.01. The topological polar surface area (TPSA) is 0 Å². The maximum absolute atomic E-state index is 2.30. The van der Waals surface area contributed by atoms with Gasteiger partial charge in [-0.05, 0) is 60.0 Å². The van der Waals surface area contributed by atoms with Crippen LogP contribution in [0.25, 0.3) is 21.5 Å². The van der Waals surface area contributed by atoms with Crippen LogP contribution in [-0.2, 0) is 0 Å². The summed E-state index contributed by atoms with van der Waals surface area (Å²) in [5.74, 6) is 0. The number of fused-ring (bicyclic) bond motifs is 2. The van der Waals surface area contributed by atoms with E-state index < -0.39 is 0 Å². The Labute approximate surface area is 102 Å². The summed E-state index contributed by atoms with van der Waals surface area (Å²) < 4.78 is 0. The highest BCUT2D eigenvalue weighted by molar-refractivity contribution is 6.00. The summed E-state index contributed by atoms with van der Waals surface area (Å²) >= 11 is 0. The van der Waals surface area contributed by atoms with E-state index in [1.165, 1.54) is 38.2 Å². The average molecular weight is 220 g/mol. The molecule has 0 nitrogen and oxygen atoms in total. The first kappa shape index (κ1) is 10.3. The Bertz CT molecular complexity index is 721. The maximum atomic E-state index is 2.30. The van der Waals surface area contributed by atoms with Gasteiger partial charge in [0.05, 0.1) is 0 Å². The molecule has 0 radical (unpaired) electrons. The smallest absolute Gasteiger partial charge is 0.0148 e. The van der Waals surface area contributed by atoms with Gasteiger partial charge in [-0.2, -0.15) is 0 Å². The molecular weight excluding hydrogens is 204 g/mol. The SMILES string of the molecule is Cc1ccc2cc3c(C)cc(C)cc3cc2c1. The fourth-order valence-corrected chi connectivity index (χ4v) is 2.60. The summed E-state index contributed by atoms with van der Waals surface area (Å²) in [5, 5.41) is 5.38. The Hall–Kier alpha value is -1.82. The Balaban J connectivity index is 2.47. The third kappa shape index (κ3) is 1.70. The highest BCUT2D eigenvalue weighted by Gasteiger charge is 2.02. The molecule has 0 aromatic heterocycles. The third-order valence-electron chi connectivity index (χ3n) is 3.42. The van der Waals surface area contributed by atoms with E-state index in [4.69, 9.17) is 0 Å². The van der Waals surface area contributed by atoms with E-state index in [9.17, 15) is 0 Å². The number of hydrogen-bond acceptors (Lipinski definition) is 0. The van der Waals surface area contributed by atoms with Crippen molar-refractivity contribution in [2.24, 2.45) is 0 Å². The fourth-order valence-electron chi connectivity index (χ4n) is 2.60. The van der Waals surface area contributed by atoms with Crippen LogP contribution in [0.3, 0.4) is 0 Å². The van der Waals surface area contributed by atoms with Crippen LogP contribution in [0.4, 0.5) is 0 Å². The van der Waals surface area contributed by atoms with Gasteiger partial charge in [0.2, 0.25) is 0 Å². The van der Waals surface area contributed by atoms with Gasteiger partial charge in [0, 0.05) is 0 Å². The van der Waals surface area contributed by atoms with Crippen molar-refractivity contribution in [3.8, 4) is 0 Å². The van der Waals surface area contributed by atoms with Gasteiger partial charge in [-0.25, -0.2) is 0 Å². The van der Waals surface area contributed by atoms with Crippen LogP contribution in [0.5, 0.6) is 0 Å². The van der Waals surface area contributed by atoms with Gasteiger partial charge in [-0.15, -0.1) is 0 Å². The fraction of sp³-hybridized carbons (Fsp3) is 0.176. The molecule has 0 spiro atoms. The summed E-state index contributed by atoms with van der Waals surface area (Å²) in [6, 6.07) is 15.8. The molecule has 3 rings (SSSR count). The Morgan fingerprint density at radius 2 is 1.35 bits per heavy atom. The second kappa shape index (κ2) is 3.59. The Kier molecular flexibility index (Phi) is 2.19. The lowest BCUT2D eigenvalue weighted by Crippen LogP contribution is -1.83. The summed E-state index contributed by atoms with van der Waals surface area (Å²) in [7, 11) is 0. The average Bonchev–Trinajstić information content (AvgIpc) is 2.26. The minimum absolute atomic E-state index is 1.32. The highest BCUT2D eigenvalue weighted by atomic mass is 14.1. The molecule has 0 unspecified atom stereocenters. The molecule has 17 heavy (non-hydrogen) atoms. The Morgan fingerprint density at radius 1 is 0.588 bits per heavy atom. The number of aryl methyl sites for hydroxylation is 3. The standard InChI is InChI=1S/C17H16/c1-11-4-5-14-10-17-13(3)6-12(2)8-16(17)9-15(14)7-11/h4-10H,1-3H3. The zero-order valence-corrected chi connectivity index (χ0v) is 10.5. The number of hydrogen-bond donors (Lipinski definition) is 0. The normalized spacial score (nSPS) is 11.2. The van der Waals surface area contributed by atoms with Gasteiger partial charge < -0.3 is 0 Å². The lowest BCUT2D eigenvalue weighted by Gasteiger charge is -2.07. The molecule has 0 aliphatic rings. The van der Waals surface area contributed by atoms with E-state index in [1.807, 2.05) is 0 Å². The molecule has 3 aromatic carbocycles. The number of rotatable bonds is 0. The molecular formula is C17H16. The maximum Gasteiger partial charge on any atom is -0.0148 e. The monoisotopic (exact) mass is 220 g/mol. The van der Waals surface area contributed by atoms with Crippen LogP contribution in [-0.4, -0.2) is 0 Å². The lowest BCUT2D eigenvalue weighted by molar-refractivity contribution is 1.43. The predicted octanol–water partition coefficient (Wildman–Crippen LogP) is 4.92. The van der Waals surface area contributed by atoms with E-state index in [-0.39, 0.29) is 0 Å². The van der Waals surface area contributed by atoms with Gasteiger partial charge in [0.25, 0.3) is 0 Å². The minimum atomic E-state index is 1.32. The first-order valence-electron chi connectivity index (χ1n) is 6.05. The van der Waals surface area contributed by atoms with E-state index in [0.29, 0.717) is 0 Å². The highest BCUT2D eigenvalue weighted by Crippen LogP contribution is 2.27. The van der Waals surface area contributed by atoms with Crippen molar-refractivity contribution in [2.45, 2.75) is 20.8 Å². The second-order valence-corrected chi connectivity index (χ2v) is 5.01. The zero-order chi connectivity index (χ0) is 12.0. The van der Waals surface area contributed by atoms with Crippen molar-refractivity contribution in [1.29, 1.82) is 0 Å². The molecule has 84 valence electrons.